The number of anilines is 1. The number of benzene rings is 1. The van der Waals surface area contributed by atoms with Crippen LogP contribution in [-0.4, -0.2) is 31.5 Å². The highest BCUT2D eigenvalue weighted by Crippen LogP contribution is 2.36. The van der Waals surface area contributed by atoms with Crippen molar-refractivity contribution in [2.24, 2.45) is 5.92 Å². The van der Waals surface area contributed by atoms with E-state index in [0.29, 0.717) is 17.9 Å². The maximum absolute atomic E-state index is 12.4. The van der Waals surface area contributed by atoms with Gasteiger partial charge in [-0.3, -0.25) is 9.59 Å². The van der Waals surface area contributed by atoms with Crippen molar-refractivity contribution in [1.82, 2.24) is 5.32 Å². The molecule has 2 aliphatic rings. The standard InChI is InChI=1S/C15H16N2O3/c1-9-7-10(9)14(18)16-11-8-20-13-6-4-3-5-12(13)17(2)15(11)19/h3-6,10-11H,1,7-8H2,2H3,(H,16,18)/t10?,11-/m1/s1. The molecule has 0 saturated heterocycles. The normalized spacial score (nSPS) is 24.6. The molecule has 0 bridgehead atoms. The van der Waals surface area contributed by atoms with Gasteiger partial charge in [-0.1, -0.05) is 24.3 Å². The maximum atomic E-state index is 12.4. The zero-order valence-corrected chi connectivity index (χ0v) is 11.3. The Hall–Kier alpha value is -2.30. The summed E-state index contributed by atoms with van der Waals surface area (Å²) in [5.41, 5.74) is 1.63. The number of hydrogen-bond acceptors (Lipinski definition) is 3. The molecule has 1 fully saturated rings. The van der Waals surface area contributed by atoms with Crippen molar-refractivity contribution in [3.8, 4) is 5.75 Å². The minimum Gasteiger partial charge on any atom is -0.489 e. The number of nitrogens with one attached hydrogen (secondary N) is 1. The van der Waals surface area contributed by atoms with Crippen LogP contribution in [0, 0.1) is 5.92 Å². The number of amides is 2. The first-order chi connectivity index (χ1) is 9.58. The van der Waals surface area contributed by atoms with E-state index in [1.807, 2.05) is 24.3 Å². The second-order valence-electron chi connectivity index (χ2n) is 5.15. The molecule has 104 valence electrons. The van der Waals surface area contributed by atoms with E-state index in [2.05, 4.69) is 11.9 Å². The summed E-state index contributed by atoms with van der Waals surface area (Å²) in [6, 6.07) is 6.67. The molecule has 0 spiro atoms. The van der Waals surface area contributed by atoms with Crippen molar-refractivity contribution in [3.05, 3.63) is 36.4 Å². The quantitative estimate of drug-likeness (QED) is 0.820. The zero-order valence-electron chi connectivity index (χ0n) is 11.3. The van der Waals surface area contributed by atoms with E-state index in [0.717, 1.165) is 5.57 Å². The molecule has 1 aliphatic carbocycles. The summed E-state index contributed by atoms with van der Waals surface area (Å²) in [7, 11) is 1.69. The van der Waals surface area contributed by atoms with Crippen molar-refractivity contribution in [1.29, 1.82) is 0 Å². The molecular weight excluding hydrogens is 256 g/mol. The van der Waals surface area contributed by atoms with Crippen LogP contribution in [0.15, 0.2) is 36.4 Å². The van der Waals surface area contributed by atoms with Gasteiger partial charge in [-0.25, -0.2) is 0 Å². The molecule has 1 unspecified atom stereocenters. The topological polar surface area (TPSA) is 58.6 Å². The van der Waals surface area contributed by atoms with Gasteiger partial charge in [0, 0.05) is 7.05 Å². The molecule has 0 aromatic heterocycles. The van der Waals surface area contributed by atoms with Gasteiger partial charge in [0.25, 0.3) is 5.91 Å². The lowest BCUT2D eigenvalue weighted by molar-refractivity contribution is -0.128. The molecule has 20 heavy (non-hydrogen) atoms. The Kier molecular flexibility index (Phi) is 2.97. The lowest BCUT2D eigenvalue weighted by Gasteiger charge is -2.20. The number of fused-ring (bicyclic) bond motifs is 1. The van der Waals surface area contributed by atoms with Crippen LogP contribution in [0.5, 0.6) is 5.75 Å². The van der Waals surface area contributed by atoms with E-state index in [1.165, 1.54) is 4.90 Å². The minimum atomic E-state index is -0.659. The first-order valence-electron chi connectivity index (χ1n) is 6.55. The number of carbonyl (C=O) groups excluding carboxylic acids is 2. The molecule has 2 amide bonds. The van der Waals surface area contributed by atoms with E-state index < -0.39 is 6.04 Å². The Morgan fingerprint density at radius 2 is 2.15 bits per heavy atom. The third-order valence-corrected chi connectivity index (χ3v) is 3.69. The lowest BCUT2D eigenvalue weighted by Crippen LogP contribution is -2.49. The molecule has 1 aromatic carbocycles. The van der Waals surface area contributed by atoms with Gasteiger partial charge in [-0.15, -0.1) is 0 Å². The van der Waals surface area contributed by atoms with Crippen LogP contribution in [0.2, 0.25) is 0 Å². The average molecular weight is 272 g/mol. The largest absolute Gasteiger partial charge is 0.489 e. The first kappa shape index (κ1) is 12.7. The molecule has 5 nitrogen and oxygen atoms in total. The molecule has 5 heteroatoms. The van der Waals surface area contributed by atoms with Crippen LogP contribution in [0.3, 0.4) is 0 Å². The number of nitrogens with zero attached hydrogens (tertiary/aromatic N) is 1. The summed E-state index contributed by atoms with van der Waals surface area (Å²) in [6.07, 6.45) is 0.712. The van der Waals surface area contributed by atoms with Crippen molar-refractivity contribution in [2.75, 3.05) is 18.6 Å². The number of carbonyl (C=O) groups is 2. The zero-order chi connectivity index (χ0) is 14.3. The van der Waals surface area contributed by atoms with Gasteiger partial charge < -0.3 is 15.0 Å². The molecule has 1 heterocycles. The van der Waals surface area contributed by atoms with Crippen LogP contribution in [0.4, 0.5) is 5.69 Å². The molecular formula is C15H16N2O3. The smallest absolute Gasteiger partial charge is 0.252 e. The molecule has 1 aliphatic heterocycles. The van der Waals surface area contributed by atoms with Gasteiger partial charge in [-0.05, 0) is 18.6 Å². The molecule has 2 atom stereocenters. The lowest BCUT2D eigenvalue weighted by atomic mass is 10.2. The highest BCUT2D eigenvalue weighted by molar-refractivity contribution is 6.01. The van der Waals surface area contributed by atoms with Crippen LogP contribution in [-0.2, 0) is 9.59 Å². The highest BCUT2D eigenvalue weighted by atomic mass is 16.5. The average Bonchev–Trinajstić information content (AvgIpc) is 3.19. The van der Waals surface area contributed by atoms with Gasteiger partial charge in [0.2, 0.25) is 5.91 Å². The third-order valence-electron chi connectivity index (χ3n) is 3.69. The van der Waals surface area contributed by atoms with Crippen molar-refractivity contribution in [3.63, 3.8) is 0 Å². The SMILES string of the molecule is C=C1CC1C(=O)N[C@@H]1COc2ccccc2N(C)C1=O. The fraction of sp³-hybridized carbons (Fsp3) is 0.333. The van der Waals surface area contributed by atoms with E-state index in [-0.39, 0.29) is 24.3 Å². The second-order valence-corrected chi connectivity index (χ2v) is 5.15. The van der Waals surface area contributed by atoms with Gasteiger partial charge in [0.1, 0.15) is 18.4 Å². The van der Waals surface area contributed by atoms with Gasteiger partial charge in [0.05, 0.1) is 11.6 Å². The van der Waals surface area contributed by atoms with Crippen molar-refractivity contribution in [2.45, 2.75) is 12.5 Å². The number of para-hydroxylation sites is 2. The van der Waals surface area contributed by atoms with Crippen LogP contribution in [0.25, 0.3) is 0 Å². The number of hydrogen-bond donors (Lipinski definition) is 1. The highest BCUT2D eigenvalue weighted by Gasteiger charge is 2.38. The Bertz CT molecular complexity index is 597. The first-order valence-corrected chi connectivity index (χ1v) is 6.55. The van der Waals surface area contributed by atoms with Crippen LogP contribution in [0.1, 0.15) is 6.42 Å². The van der Waals surface area contributed by atoms with E-state index >= 15 is 0 Å². The fourth-order valence-electron chi connectivity index (χ4n) is 2.31. The molecule has 1 aromatic rings. The van der Waals surface area contributed by atoms with Crippen LogP contribution >= 0.6 is 0 Å². The Balaban J connectivity index is 1.77. The van der Waals surface area contributed by atoms with Gasteiger partial charge in [0.15, 0.2) is 0 Å². The van der Waals surface area contributed by atoms with Crippen molar-refractivity contribution < 1.29 is 14.3 Å². The fourth-order valence-corrected chi connectivity index (χ4v) is 2.31. The van der Waals surface area contributed by atoms with E-state index in [9.17, 15) is 9.59 Å². The summed E-state index contributed by atoms with van der Waals surface area (Å²) in [4.78, 5) is 25.8. The van der Waals surface area contributed by atoms with E-state index in [1.54, 1.807) is 7.05 Å². The number of rotatable bonds is 2. The summed E-state index contributed by atoms with van der Waals surface area (Å²) in [5, 5.41) is 2.75. The third kappa shape index (κ3) is 2.15. The number of ether oxygens (including phenoxy) is 1. The Labute approximate surface area is 117 Å². The Morgan fingerprint density at radius 3 is 2.85 bits per heavy atom. The second kappa shape index (κ2) is 4.67. The molecule has 0 radical (unpaired) electrons. The van der Waals surface area contributed by atoms with E-state index in [4.69, 9.17) is 4.74 Å². The predicted octanol–water partition coefficient (Wildman–Crippen LogP) is 1.10. The summed E-state index contributed by atoms with van der Waals surface area (Å²) >= 11 is 0. The minimum absolute atomic E-state index is 0.140. The van der Waals surface area contributed by atoms with Gasteiger partial charge in [-0.2, -0.15) is 0 Å². The molecule has 3 rings (SSSR count). The summed E-state index contributed by atoms with van der Waals surface area (Å²) in [6.45, 7) is 3.90. The maximum Gasteiger partial charge on any atom is 0.252 e. The van der Waals surface area contributed by atoms with Crippen LogP contribution < -0.4 is 15.0 Å². The summed E-state index contributed by atoms with van der Waals surface area (Å²) in [5.74, 6) is 0.195. The number of likely N-dealkylation sites (N-methyl/N-ethyl adjacent to an activating group) is 1. The van der Waals surface area contributed by atoms with Gasteiger partial charge >= 0.3 is 0 Å². The molecule has 1 N–H and O–H groups in total. The Morgan fingerprint density at radius 1 is 1.45 bits per heavy atom. The monoisotopic (exact) mass is 272 g/mol. The summed E-state index contributed by atoms with van der Waals surface area (Å²) < 4.78 is 5.63. The van der Waals surface area contributed by atoms with Crippen molar-refractivity contribution >= 4 is 17.5 Å². The predicted molar refractivity (Wildman–Crippen MR) is 74.5 cm³/mol. The molecule has 1 saturated carbocycles.